The molecule has 2 aromatic carbocycles. The first-order valence-corrected chi connectivity index (χ1v) is 11.7. The van der Waals surface area contributed by atoms with E-state index in [2.05, 4.69) is 15.6 Å². The maximum atomic E-state index is 12.9. The summed E-state index contributed by atoms with van der Waals surface area (Å²) in [4.78, 5) is 29.6. The van der Waals surface area contributed by atoms with Crippen molar-refractivity contribution >= 4 is 92.9 Å². The van der Waals surface area contributed by atoms with Gasteiger partial charge < -0.3 is 10.6 Å². The highest BCUT2D eigenvalue weighted by Gasteiger charge is 2.67. The molecular weight excluding hydrogens is 551 g/mol. The van der Waals surface area contributed by atoms with Crippen LogP contribution < -0.4 is 10.6 Å². The van der Waals surface area contributed by atoms with Crippen molar-refractivity contribution in [2.24, 2.45) is 5.92 Å². The molecule has 170 valence electrons. The zero-order valence-corrected chi connectivity index (χ0v) is 20.9. The molecule has 1 aromatic heterocycles. The molecule has 2 amide bonds. The number of carbonyl (C=O) groups is 2. The van der Waals surface area contributed by atoms with Gasteiger partial charge in [-0.2, -0.15) is 0 Å². The normalized spacial score (nSPS) is 18.5. The Morgan fingerprint density at radius 2 is 1.55 bits per heavy atom. The monoisotopic (exact) mass is 561 g/mol. The van der Waals surface area contributed by atoms with E-state index >= 15 is 0 Å². The summed E-state index contributed by atoms with van der Waals surface area (Å²) in [5.41, 5.74) is 1.14. The molecule has 2 unspecified atom stereocenters. The van der Waals surface area contributed by atoms with E-state index in [0.29, 0.717) is 32.1 Å². The SMILES string of the molecule is O=C(Nc1ccc(Cl)cn1)c1cc(NC(=O)C2C(c3cc(Cl)cc(Cl)c3)C2(Cl)Cl)ccc1Cl. The van der Waals surface area contributed by atoms with Crippen LogP contribution in [-0.2, 0) is 4.79 Å². The van der Waals surface area contributed by atoms with Gasteiger partial charge in [0.05, 0.1) is 21.5 Å². The number of hydrogen-bond donors (Lipinski definition) is 2. The molecule has 1 saturated carbocycles. The highest BCUT2D eigenvalue weighted by atomic mass is 35.5. The van der Waals surface area contributed by atoms with Gasteiger partial charge in [0.1, 0.15) is 10.2 Å². The molecule has 0 radical (unpaired) electrons. The van der Waals surface area contributed by atoms with Gasteiger partial charge >= 0.3 is 0 Å². The maximum absolute atomic E-state index is 12.9. The maximum Gasteiger partial charge on any atom is 0.258 e. The molecule has 2 atom stereocenters. The van der Waals surface area contributed by atoms with Crippen LogP contribution in [0.25, 0.3) is 0 Å². The van der Waals surface area contributed by atoms with E-state index in [0.717, 1.165) is 0 Å². The van der Waals surface area contributed by atoms with E-state index in [4.69, 9.17) is 69.6 Å². The minimum Gasteiger partial charge on any atom is -0.326 e. The Balaban J connectivity index is 1.50. The number of aromatic nitrogens is 1. The summed E-state index contributed by atoms with van der Waals surface area (Å²) < 4.78 is -1.33. The molecule has 2 N–H and O–H groups in total. The van der Waals surface area contributed by atoms with E-state index in [1.165, 1.54) is 18.3 Å². The molecule has 11 heteroatoms. The van der Waals surface area contributed by atoms with Crippen molar-refractivity contribution in [2.75, 3.05) is 10.6 Å². The molecule has 1 fully saturated rings. The van der Waals surface area contributed by atoms with Crippen molar-refractivity contribution in [1.82, 2.24) is 4.98 Å². The van der Waals surface area contributed by atoms with Gasteiger partial charge in [-0.1, -0.05) is 46.4 Å². The minimum atomic E-state index is -1.33. The van der Waals surface area contributed by atoms with Crippen molar-refractivity contribution in [1.29, 1.82) is 0 Å². The highest BCUT2D eigenvalue weighted by Crippen LogP contribution is 2.65. The van der Waals surface area contributed by atoms with Crippen molar-refractivity contribution in [2.45, 2.75) is 10.3 Å². The number of nitrogens with zero attached hydrogens (tertiary/aromatic N) is 1. The van der Waals surface area contributed by atoms with Gasteiger partial charge in [-0.25, -0.2) is 4.98 Å². The van der Waals surface area contributed by atoms with Gasteiger partial charge in [-0.3, -0.25) is 9.59 Å². The molecule has 1 heterocycles. The fraction of sp³-hybridized carbons (Fsp3) is 0.136. The molecule has 0 aliphatic heterocycles. The van der Waals surface area contributed by atoms with Gasteiger partial charge in [0, 0.05) is 27.8 Å². The Morgan fingerprint density at radius 1 is 0.848 bits per heavy atom. The summed E-state index contributed by atoms with van der Waals surface area (Å²) in [6, 6.07) is 12.6. The van der Waals surface area contributed by atoms with Crippen molar-refractivity contribution in [3.63, 3.8) is 0 Å². The lowest BCUT2D eigenvalue weighted by atomic mass is 10.1. The summed E-state index contributed by atoms with van der Waals surface area (Å²) in [5, 5.41) is 6.81. The lowest BCUT2D eigenvalue weighted by Crippen LogP contribution is -2.18. The van der Waals surface area contributed by atoms with Gasteiger partial charge in [-0.05, 0) is 54.1 Å². The van der Waals surface area contributed by atoms with Crippen LogP contribution in [0.4, 0.5) is 11.5 Å². The van der Waals surface area contributed by atoms with Crippen LogP contribution in [0.2, 0.25) is 20.1 Å². The number of alkyl halides is 2. The van der Waals surface area contributed by atoms with Crippen LogP contribution >= 0.6 is 69.6 Å². The molecule has 0 bridgehead atoms. The Hall–Kier alpha value is -1.73. The largest absolute Gasteiger partial charge is 0.326 e. The quantitative estimate of drug-likeness (QED) is 0.316. The first-order valence-electron chi connectivity index (χ1n) is 9.43. The van der Waals surface area contributed by atoms with Gasteiger partial charge in [0.2, 0.25) is 5.91 Å². The molecule has 5 nitrogen and oxygen atoms in total. The number of carbonyl (C=O) groups excluding carboxylic acids is 2. The second-order valence-corrected chi connectivity index (χ2v) is 10.5. The second-order valence-electron chi connectivity index (χ2n) is 7.33. The number of rotatable bonds is 5. The van der Waals surface area contributed by atoms with E-state index in [1.54, 1.807) is 36.4 Å². The fourth-order valence-electron chi connectivity index (χ4n) is 3.45. The van der Waals surface area contributed by atoms with Gasteiger partial charge in [0.25, 0.3) is 5.91 Å². The smallest absolute Gasteiger partial charge is 0.258 e. The molecule has 0 spiro atoms. The molecule has 3 aromatic rings. The zero-order valence-electron chi connectivity index (χ0n) is 16.4. The number of halogens is 6. The third kappa shape index (κ3) is 5.35. The van der Waals surface area contributed by atoms with Crippen molar-refractivity contribution in [3.8, 4) is 0 Å². The van der Waals surface area contributed by atoms with Crippen molar-refractivity contribution in [3.05, 3.63) is 85.9 Å². The van der Waals surface area contributed by atoms with Crippen LogP contribution in [0.3, 0.4) is 0 Å². The predicted molar refractivity (Wildman–Crippen MR) is 134 cm³/mol. The summed E-state index contributed by atoms with van der Waals surface area (Å²) >= 11 is 36.9. The third-order valence-electron chi connectivity index (χ3n) is 5.03. The molecule has 0 saturated heterocycles. The van der Waals surface area contributed by atoms with E-state index in [9.17, 15) is 9.59 Å². The third-order valence-corrected chi connectivity index (χ3v) is 6.96. The summed E-state index contributed by atoms with van der Waals surface area (Å²) in [7, 11) is 0. The Morgan fingerprint density at radius 3 is 2.18 bits per heavy atom. The number of benzene rings is 2. The van der Waals surface area contributed by atoms with E-state index < -0.39 is 28.0 Å². The van der Waals surface area contributed by atoms with Crippen LogP contribution in [-0.4, -0.2) is 21.1 Å². The standard InChI is InChI=1S/C22H13Cl6N3O2/c23-11-1-4-17(29-9-11)31-20(32)15-8-14(2-3-16(15)26)30-21(33)19-18(22(19,27)28)10-5-12(24)7-13(25)6-10/h1-9,18-19H,(H,30,33)(H,29,31,32). The molecule has 33 heavy (non-hydrogen) atoms. The van der Waals surface area contributed by atoms with E-state index in [-0.39, 0.29) is 10.6 Å². The Kier molecular flexibility index (Phi) is 7.02. The Bertz CT molecular complexity index is 1230. The molecule has 1 aliphatic rings. The number of anilines is 2. The lowest BCUT2D eigenvalue weighted by Gasteiger charge is -2.10. The molecule has 4 rings (SSSR count). The van der Waals surface area contributed by atoms with Crippen LogP contribution in [0, 0.1) is 5.92 Å². The summed E-state index contributed by atoms with van der Waals surface area (Å²) in [6.45, 7) is 0. The van der Waals surface area contributed by atoms with Crippen LogP contribution in [0.5, 0.6) is 0 Å². The first kappa shape index (κ1) is 24.4. The average Bonchev–Trinajstić information content (AvgIpc) is 3.32. The average molecular weight is 564 g/mol. The first-order chi connectivity index (χ1) is 15.6. The summed E-state index contributed by atoms with van der Waals surface area (Å²) in [6.07, 6.45) is 1.40. The predicted octanol–water partition coefficient (Wildman–Crippen LogP) is 7.47. The zero-order chi connectivity index (χ0) is 23.9. The number of hydrogen-bond acceptors (Lipinski definition) is 3. The van der Waals surface area contributed by atoms with Crippen LogP contribution in [0.15, 0.2) is 54.7 Å². The summed E-state index contributed by atoms with van der Waals surface area (Å²) in [5.74, 6) is -1.88. The van der Waals surface area contributed by atoms with Crippen molar-refractivity contribution < 1.29 is 9.59 Å². The fourth-order valence-corrected chi connectivity index (χ4v) is 5.14. The van der Waals surface area contributed by atoms with Gasteiger partial charge in [0.15, 0.2) is 0 Å². The number of pyridine rings is 1. The van der Waals surface area contributed by atoms with Gasteiger partial charge in [-0.15, -0.1) is 23.2 Å². The second kappa shape index (κ2) is 9.49. The lowest BCUT2D eigenvalue weighted by molar-refractivity contribution is -0.117. The Labute approximate surface area is 219 Å². The molecular formula is C22H13Cl6N3O2. The number of nitrogens with one attached hydrogen (secondary N) is 2. The van der Waals surface area contributed by atoms with Crippen LogP contribution in [0.1, 0.15) is 21.8 Å². The minimum absolute atomic E-state index is 0.142. The highest BCUT2D eigenvalue weighted by molar-refractivity contribution is 6.53. The molecule has 1 aliphatic carbocycles. The van der Waals surface area contributed by atoms with E-state index in [1.807, 2.05) is 0 Å². The topological polar surface area (TPSA) is 71.1 Å². The number of amides is 2.